The first-order valence-electron chi connectivity index (χ1n) is 6.46. The molecule has 0 saturated heterocycles. The van der Waals surface area contributed by atoms with Gasteiger partial charge in [-0.3, -0.25) is 0 Å². The Bertz CT molecular complexity index is 717. The zero-order chi connectivity index (χ0) is 13.9. The summed E-state index contributed by atoms with van der Waals surface area (Å²) in [6.45, 7) is 0. The highest BCUT2D eigenvalue weighted by atomic mass is 32.2. The molecule has 1 heterocycles. The fraction of sp³-hybridized carbons (Fsp3) is 0.200. The lowest BCUT2D eigenvalue weighted by Gasteiger charge is -2.14. The molecule has 4 nitrogen and oxygen atoms in total. The molecule has 102 valence electrons. The zero-order valence-corrected chi connectivity index (χ0v) is 12.0. The van der Waals surface area contributed by atoms with Gasteiger partial charge in [-0.05, 0) is 16.3 Å². The van der Waals surface area contributed by atoms with Crippen LogP contribution in [0.1, 0.15) is 11.6 Å². The highest BCUT2D eigenvalue weighted by Crippen LogP contribution is 2.27. The van der Waals surface area contributed by atoms with Crippen molar-refractivity contribution in [2.45, 2.75) is 11.2 Å². The summed E-state index contributed by atoms with van der Waals surface area (Å²) in [7, 11) is 1.94. The molecule has 3 aromatic rings. The molecule has 2 aromatic carbocycles. The van der Waals surface area contributed by atoms with Crippen LogP contribution in [-0.2, 0) is 7.05 Å². The third kappa shape index (κ3) is 2.55. The van der Waals surface area contributed by atoms with Crippen molar-refractivity contribution < 1.29 is 0 Å². The van der Waals surface area contributed by atoms with E-state index in [4.69, 9.17) is 5.73 Å². The number of thioether (sulfide) groups is 1. The van der Waals surface area contributed by atoms with Crippen LogP contribution < -0.4 is 5.73 Å². The maximum atomic E-state index is 6.35. The number of hydrogen-bond acceptors (Lipinski definition) is 4. The van der Waals surface area contributed by atoms with Crippen LogP contribution in [0.25, 0.3) is 10.8 Å². The summed E-state index contributed by atoms with van der Waals surface area (Å²) in [5, 5.41) is 11.3. The van der Waals surface area contributed by atoms with Crippen LogP contribution in [0.3, 0.4) is 0 Å². The fourth-order valence-electron chi connectivity index (χ4n) is 2.23. The predicted octanol–water partition coefficient (Wildman–Crippen LogP) is 2.76. The Kier molecular flexibility index (Phi) is 3.71. The van der Waals surface area contributed by atoms with E-state index in [9.17, 15) is 0 Å². The van der Waals surface area contributed by atoms with Gasteiger partial charge >= 0.3 is 0 Å². The average Bonchev–Trinajstić information content (AvgIpc) is 2.89. The van der Waals surface area contributed by atoms with E-state index >= 15 is 0 Å². The number of benzene rings is 2. The van der Waals surface area contributed by atoms with Crippen LogP contribution >= 0.6 is 11.8 Å². The number of nitrogens with two attached hydrogens (primary N) is 1. The Morgan fingerprint density at radius 3 is 2.80 bits per heavy atom. The van der Waals surface area contributed by atoms with E-state index in [1.807, 2.05) is 23.7 Å². The maximum absolute atomic E-state index is 6.35. The smallest absolute Gasteiger partial charge is 0.190 e. The number of rotatable bonds is 4. The van der Waals surface area contributed by atoms with Crippen LogP contribution in [0.15, 0.2) is 53.9 Å². The Balaban J connectivity index is 1.82. The highest BCUT2D eigenvalue weighted by Gasteiger charge is 2.11. The molecule has 3 rings (SSSR count). The number of aromatic nitrogens is 3. The quantitative estimate of drug-likeness (QED) is 0.748. The van der Waals surface area contributed by atoms with Crippen molar-refractivity contribution in [3.63, 3.8) is 0 Å². The fourth-order valence-corrected chi connectivity index (χ4v) is 3.10. The number of aryl methyl sites for hydroxylation is 1. The molecule has 0 amide bonds. The molecule has 5 heteroatoms. The van der Waals surface area contributed by atoms with Crippen molar-refractivity contribution in [2.24, 2.45) is 12.8 Å². The van der Waals surface area contributed by atoms with Gasteiger partial charge < -0.3 is 10.3 Å². The van der Waals surface area contributed by atoms with Crippen LogP contribution in [0.5, 0.6) is 0 Å². The normalized spacial score (nSPS) is 12.7. The molecule has 0 aliphatic heterocycles. The second kappa shape index (κ2) is 5.64. The summed E-state index contributed by atoms with van der Waals surface area (Å²) in [6.07, 6.45) is 1.70. The molecule has 20 heavy (non-hydrogen) atoms. The van der Waals surface area contributed by atoms with E-state index in [2.05, 4.69) is 40.5 Å². The van der Waals surface area contributed by atoms with Gasteiger partial charge in [0, 0.05) is 18.8 Å². The van der Waals surface area contributed by atoms with Gasteiger partial charge in [0.25, 0.3) is 0 Å². The molecule has 0 fully saturated rings. The van der Waals surface area contributed by atoms with Crippen molar-refractivity contribution in [3.8, 4) is 0 Å². The van der Waals surface area contributed by atoms with Crippen LogP contribution in [-0.4, -0.2) is 20.5 Å². The molecule has 0 bridgehead atoms. The molecular formula is C15H16N4S. The SMILES string of the molecule is Cn1cnnc1SCC(N)c1cccc2ccccc12. The Morgan fingerprint density at radius 2 is 2.00 bits per heavy atom. The minimum absolute atomic E-state index is 0.0252. The zero-order valence-electron chi connectivity index (χ0n) is 11.2. The van der Waals surface area contributed by atoms with Gasteiger partial charge in [-0.1, -0.05) is 54.2 Å². The van der Waals surface area contributed by atoms with Crippen LogP contribution in [0.4, 0.5) is 0 Å². The second-order valence-corrected chi connectivity index (χ2v) is 5.70. The predicted molar refractivity (Wildman–Crippen MR) is 82.6 cm³/mol. The largest absolute Gasteiger partial charge is 0.323 e. The topological polar surface area (TPSA) is 56.7 Å². The van der Waals surface area contributed by atoms with Crippen molar-refractivity contribution >= 4 is 22.5 Å². The van der Waals surface area contributed by atoms with Gasteiger partial charge in [0.1, 0.15) is 6.33 Å². The van der Waals surface area contributed by atoms with Gasteiger partial charge in [-0.25, -0.2) is 0 Å². The third-order valence-corrected chi connectivity index (χ3v) is 4.44. The summed E-state index contributed by atoms with van der Waals surface area (Å²) < 4.78 is 1.90. The Hall–Kier alpha value is -1.85. The molecule has 0 aliphatic carbocycles. The first-order chi connectivity index (χ1) is 9.75. The van der Waals surface area contributed by atoms with E-state index in [-0.39, 0.29) is 6.04 Å². The van der Waals surface area contributed by atoms with E-state index in [0.29, 0.717) is 0 Å². The van der Waals surface area contributed by atoms with Crippen LogP contribution in [0.2, 0.25) is 0 Å². The van der Waals surface area contributed by atoms with E-state index in [1.165, 1.54) is 16.3 Å². The van der Waals surface area contributed by atoms with Crippen LogP contribution in [0, 0.1) is 0 Å². The molecule has 1 aromatic heterocycles. The summed E-state index contributed by atoms with van der Waals surface area (Å²) in [5.41, 5.74) is 7.53. The van der Waals surface area contributed by atoms with Gasteiger partial charge in [-0.15, -0.1) is 10.2 Å². The minimum Gasteiger partial charge on any atom is -0.323 e. The standard InChI is InChI=1S/C15H16N4S/c1-19-10-17-18-15(19)20-9-14(16)13-8-4-6-11-5-2-3-7-12(11)13/h2-8,10,14H,9,16H2,1H3. The molecule has 1 unspecified atom stereocenters. The molecule has 0 radical (unpaired) electrons. The second-order valence-electron chi connectivity index (χ2n) is 4.71. The van der Waals surface area contributed by atoms with E-state index in [0.717, 1.165) is 10.9 Å². The van der Waals surface area contributed by atoms with E-state index < -0.39 is 0 Å². The van der Waals surface area contributed by atoms with Crippen molar-refractivity contribution in [3.05, 3.63) is 54.4 Å². The minimum atomic E-state index is -0.0252. The lowest BCUT2D eigenvalue weighted by atomic mass is 10.0. The third-order valence-electron chi connectivity index (χ3n) is 3.28. The monoisotopic (exact) mass is 284 g/mol. The molecule has 2 N–H and O–H groups in total. The summed E-state index contributed by atoms with van der Waals surface area (Å²) in [4.78, 5) is 0. The molecule has 0 spiro atoms. The average molecular weight is 284 g/mol. The van der Waals surface area contributed by atoms with Crippen molar-refractivity contribution in [1.29, 1.82) is 0 Å². The lowest BCUT2D eigenvalue weighted by Crippen LogP contribution is -2.13. The molecule has 0 aliphatic rings. The van der Waals surface area contributed by atoms with E-state index in [1.54, 1.807) is 18.1 Å². The molecular weight excluding hydrogens is 268 g/mol. The highest BCUT2D eigenvalue weighted by molar-refractivity contribution is 7.99. The number of nitrogens with zero attached hydrogens (tertiary/aromatic N) is 3. The summed E-state index contributed by atoms with van der Waals surface area (Å²) in [6, 6.07) is 14.6. The van der Waals surface area contributed by atoms with Gasteiger partial charge in [-0.2, -0.15) is 0 Å². The van der Waals surface area contributed by atoms with Crippen molar-refractivity contribution in [2.75, 3.05) is 5.75 Å². The number of hydrogen-bond donors (Lipinski definition) is 1. The lowest BCUT2D eigenvalue weighted by molar-refractivity contribution is 0.779. The number of fused-ring (bicyclic) bond motifs is 1. The van der Waals surface area contributed by atoms with Gasteiger partial charge in [0.15, 0.2) is 5.16 Å². The van der Waals surface area contributed by atoms with Gasteiger partial charge in [0.05, 0.1) is 0 Å². The Labute approximate surface area is 122 Å². The Morgan fingerprint density at radius 1 is 1.20 bits per heavy atom. The van der Waals surface area contributed by atoms with Crippen molar-refractivity contribution in [1.82, 2.24) is 14.8 Å². The summed E-state index contributed by atoms with van der Waals surface area (Å²) >= 11 is 1.63. The maximum Gasteiger partial charge on any atom is 0.190 e. The first-order valence-corrected chi connectivity index (χ1v) is 7.44. The molecule has 1 atom stereocenters. The summed E-state index contributed by atoms with van der Waals surface area (Å²) in [5.74, 6) is 0.778. The molecule has 0 saturated carbocycles. The first kappa shape index (κ1) is 13.1. The van der Waals surface area contributed by atoms with Gasteiger partial charge in [0.2, 0.25) is 0 Å².